The molecule has 0 aromatic rings. The van der Waals surface area contributed by atoms with Crippen LogP contribution in [0.15, 0.2) is 0 Å². The van der Waals surface area contributed by atoms with Crippen molar-refractivity contribution in [3.8, 4) is 0 Å². The Hall–Kier alpha value is -0.220. The minimum atomic E-state index is 0.0661. The summed E-state index contributed by atoms with van der Waals surface area (Å²) in [5, 5.41) is 6.36. The number of rotatable bonds is 4. The zero-order valence-electron chi connectivity index (χ0n) is 9.34. The van der Waals surface area contributed by atoms with Crippen LogP contribution < -0.4 is 10.6 Å². The van der Waals surface area contributed by atoms with Gasteiger partial charge in [0, 0.05) is 11.3 Å². The molecule has 1 amide bonds. The van der Waals surface area contributed by atoms with Crippen LogP contribution in [0.1, 0.15) is 32.1 Å². The summed E-state index contributed by atoms with van der Waals surface area (Å²) in [6.07, 6.45) is 8.03. The van der Waals surface area contributed by atoms with E-state index >= 15 is 0 Å². The lowest BCUT2D eigenvalue weighted by Gasteiger charge is -2.23. The van der Waals surface area contributed by atoms with Gasteiger partial charge < -0.3 is 10.6 Å². The molecule has 2 fully saturated rings. The summed E-state index contributed by atoms with van der Waals surface area (Å²) in [6.45, 7) is 1.84. The summed E-state index contributed by atoms with van der Waals surface area (Å²) in [5.41, 5.74) is 0. The lowest BCUT2D eigenvalue weighted by atomic mass is 10.0. The number of carbonyl (C=O) groups excluding carboxylic acids is 1. The van der Waals surface area contributed by atoms with Crippen LogP contribution in [-0.4, -0.2) is 36.0 Å². The van der Waals surface area contributed by atoms with Crippen molar-refractivity contribution in [2.24, 2.45) is 0 Å². The maximum absolute atomic E-state index is 11.8. The molecule has 2 N–H and O–H groups in total. The van der Waals surface area contributed by atoms with E-state index in [1.54, 1.807) is 0 Å². The first kappa shape index (κ1) is 11.3. The smallest absolute Gasteiger partial charge is 0.237 e. The Bertz CT molecular complexity index is 235. The summed E-state index contributed by atoms with van der Waals surface area (Å²) in [7, 11) is 0. The molecular weight excluding hydrogens is 208 g/mol. The number of amides is 1. The average molecular weight is 228 g/mol. The van der Waals surface area contributed by atoms with Gasteiger partial charge in [-0.15, -0.1) is 0 Å². The fraction of sp³-hybridized carbons (Fsp3) is 0.909. The topological polar surface area (TPSA) is 41.1 Å². The highest BCUT2D eigenvalue weighted by molar-refractivity contribution is 8.00. The molecule has 0 unspecified atom stereocenters. The fourth-order valence-corrected chi connectivity index (χ4v) is 2.77. The Morgan fingerprint density at radius 3 is 2.87 bits per heavy atom. The predicted molar refractivity (Wildman–Crippen MR) is 64.1 cm³/mol. The molecule has 15 heavy (non-hydrogen) atoms. The van der Waals surface area contributed by atoms with Gasteiger partial charge >= 0.3 is 0 Å². The van der Waals surface area contributed by atoms with Crippen LogP contribution in [0.2, 0.25) is 0 Å². The largest absolute Gasteiger partial charge is 0.353 e. The molecule has 0 aromatic carbocycles. The van der Waals surface area contributed by atoms with Gasteiger partial charge in [0.2, 0.25) is 5.91 Å². The highest BCUT2D eigenvalue weighted by Gasteiger charge is 2.42. The lowest BCUT2D eigenvalue weighted by Crippen LogP contribution is -2.48. The SMILES string of the molecule is CSC1(CNC(=O)[C@H]2CCCCN2)CC1. The molecule has 0 spiro atoms. The Morgan fingerprint density at radius 1 is 1.53 bits per heavy atom. The van der Waals surface area contributed by atoms with E-state index in [0.29, 0.717) is 4.75 Å². The van der Waals surface area contributed by atoms with Crippen molar-refractivity contribution in [3.05, 3.63) is 0 Å². The van der Waals surface area contributed by atoms with Crippen LogP contribution in [0.3, 0.4) is 0 Å². The fourth-order valence-electron chi connectivity index (χ4n) is 2.04. The summed E-state index contributed by atoms with van der Waals surface area (Å²) >= 11 is 1.89. The van der Waals surface area contributed by atoms with E-state index in [2.05, 4.69) is 16.9 Å². The molecule has 1 aliphatic heterocycles. The minimum Gasteiger partial charge on any atom is -0.353 e. The van der Waals surface area contributed by atoms with Gasteiger partial charge in [0.15, 0.2) is 0 Å². The van der Waals surface area contributed by atoms with Crippen LogP contribution in [0, 0.1) is 0 Å². The second-order valence-corrected chi connectivity index (χ2v) is 5.88. The van der Waals surface area contributed by atoms with E-state index in [4.69, 9.17) is 0 Å². The van der Waals surface area contributed by atoms with Gasteiger partial charge in [0.05, 0.1) is 6.04 Å². The summed E-state index contributed by atoms with van der Waals surface area (Å²) in [4.78, 5) is 11.8. The molecule has 4 heteroatoms. The van der Waals surface area contributed by atoms with Crippen LogP contribution in [0.5, 0.6) is 0 Å². The highest BCUT2D eigenvalue weighted by Crippen LogP contribution is 2.46. The monoisotopic (exact) mass is 228 g/mol. The lowest BCUT2D eigenvalue weighted by molar-refractivity contribution is -0.123. The molecule has 1 atom stereocenters. The second-order valence-electron chi connectivity index (χ2n) is 4.61. The van der Waals surface area contributed by atoms with Gasteiger partial charge in [-0.2, -0.15) is 11.8 Å². The van der Waals surface area contributed by atoms with Crippen molar-refractivity contribution in [1.82, 2.24) is 10.6 Å². The van der Waals surface area contributed by atoms with E-state index in [9.17, 15) is 4.79 Å². The predicted octanol–water partition coefficient (Wildman–Crippen LogP) is 1.14. The molecule has 0 aromatic heterocycles. The van der Waals surface area contributed by atoms with E-state index in [-0.39, 0.29) is 11.9 Å². The number of nitrogens with one attached hydrogen (secondary N) is 2. The Morgan fingerprint density at radius 2 is 2.33 bits per heavy atom. The highest BCUT2D eigenvalue weighted by atomic mass is 32.2. The first-order valence-corrected chi connectivity index (χ1v) is 7.04. The average Bonchev–Trinajstić information content (AvgIpc) is 3.08. The van der Waals surface area contributed by atoms with Crippen molar-refractivity contribution in [3.63, 3.8) is 0 Å². The molecular formula is C11H20N2OS. The van der Waals surface area contributed by atoms with Crippen LogP contribution in [0.25, 0.3) is 0 Å². The molecule has 86 valence electrons. The summed E-state index contributed by atoms with van der Waals surface area (Å²) in [5.74, 6) is 0.204. The number of hydrogen-bond donors (Lipinski definition) is 2. The quantitative estimate of drug-likeness (QED) is 0.758. The third-order valence-electron chi connectivity index (χ3n) is 3.45. The van der Waals surface area contributed by atoms with Gasteiger partial charge in [0.25, 0.3) is 0 Å². The first-order valence-electron chi connectivity index (χ1n) is 5.82. The normalized spacial score (nSPS) is 28.5. The minimum absolute atomic E-state index is 0.0661. The van der Waals surface area contributed by atoms with E-state index in [1.165, 1.54) is 25.7 Å². The molecule has 0 radical (unpaired) electrons. The van der Waals surface area contributed by atoms with Gasteiger partial charge in [-0.1, -0.05) is 6.42 Å². The maximum atomic E-state index is 11.8. The van der Waals surface area contributed by atoms with Crippen molar-refractivity contribution in [2.75, 3.05) is 19.3 Å². The van der Waals surface area contributed by atoms with Gasteiger partial charge in [-0.3, -0.25) is 4.79 Å². The Kier molecular flexibility index (Phi) is 3.57. The summed E-state index contributed by atoms with van der Waals surface area (Å²) in [6, 6.07) is 0.0661. The maximum Gasteiger partial charge on any atom is 0.237 e. The number of carbonyl (C=O) groups is 1. The molecule has 1 saturated carbocycles. The van der Waals surface area contributed by atoms with Gasteiger partial charge in [-0.05, 0) is 38.5 Å². The Balaban J connectivity index is 1.72. The molecule has 2 aliphatic rings. The van der Waals surface area contributed by atoms with Crippen molar-refractivity contribution in [2.45, 2.75) is 42.9 Å². The van der Waals surface area contributed by atoms with E-state index in [1.807, 2.05) is 11.8 Å². The molecule has 1 saturated heterocycles. The van der Waals surface area contributed by atoms with Crippen LogP contribution in [0.4, 0.5) is 0 Å². The number of hydrogen-bond acceptors (Lipinski definition) is 3. The van der Waals surface area contributed by atoms with Crippen molar-refractivity contribution >= 4 is 17.7 Å². The first-order chi connectivity index (χ1) is 7.26. The third kappa shape index (κ3) is 2.88. The van der Waals surface area contributed by atoms with Crippen molar-refractivity contribution < 1.29 is 4.79 Å². The second kappa shape index (κ2) is 4.74. The standard InChI is InChI=1S/C11H20N2OS/c1-15-11(5-6-11)8-13-10(14)9-4-2-3-7-12-9/h9,12H,2-8H2,1H3,(H,13,14)/t9-/m1/s1. The molecule has 2 rings (SSSR count). The Labute approximate surface area is 95.8 Å². The molecule has 3 nitrogen and oxygen atoms in total. The third-order valence-corrected chi connectivity index (χ3v) is 4.87. The number of thioether (sulfide) groups is 1. The zero-order valence-corrected chi connectivity index (χ0v) is 10.2. The van der Waals surface area contributed by atoms with Crippen LogP contribution >= 0.6 is 11.8 Å². The number of piperidine rings is 1. The van der Waals surface area contributed by atoms with Crippen molar-refractivity contribution in [1.29, 1.82) is 0 Å². The van der Waals surface area contributed by atoms with Gasteiger partial charge in [-0.25, -0.2) is 0 Å². The van der Waals surface area contributed by atoms with E-state index in [0.717, 1.165) is 19.5 Å². The van der Waals surface area contributed by atoms with Gasteiger partial charge in [0.1, 0.15) is 0 Å². The molecule has 1 heterocycles. The molecule has 1 aliphatic carbocycles. The van der Waals surface area contributed by atoms with Crippen LogP contribution in [-0.2, 0) is 4.79 Å². The zero-order chi connectivity index (χ0) is 10.7. The van der Waals surface area contributed by atoms with E-state index < -0.39 is 0 Å². The summed E-state index contributed by atoms with van der Waals surface area (Å²) < 4.78 is 0.379. The molecule has 0 bridgehead atoms.